The molecule has 4 atom stereocenters. The predicted octanol–water partition coefficient (Wildman–Crippen LogP) is 6.36. The summed E-state index contributed by atoms with van der Waals surface area (Å²) in [6, 6.07) is 8.87. The Morgan fingerprint density at radius 2 is 1.54 bits per heavy atom. The minimum Gasteiger partial charge on any atom is -0.368 e. The van der Waals surface area contributed by atoms with Gasteiger partial charge in [0.25, 0.3) is 0 Å². The average Bonchev–Trinajstić information content (AvgIpc) is 2.65. The fraction of sp³-hybridized carbons (Fsp3) is 0.760. The number of aliphatic hydroxyl groups excluding tert-OH is 1. The Kier molecular flexibility index (Phi) is 9.46. The van der Waals surface area contributed by atoms with Crippen molar-refractivity contribution in [3.63, 3.8) is 0 Å². The van der Waals surface area contributed by atoms with E-state index in [1.807, 2.05) is 0 Å². The van der Waals surface area contributed by atoms with Crippen LogP contribution < -0.4 is 0 Å². The average molecular weight is 391 g/mol. The fourth-order valence-electron chi connectivity index (χ4n) is 4.01. The van der Waals surface area contributed by atoms with E-state index in [1.165, 1.54) is 24.0 Å². The fourth-order valence-corrected chi connectivity index (χ4v) is 4.01. The molecule has 1 aliphatic rings. The first-order chi connectivity index (χ1) is 13.3. The summed E-state index contributed by atoms with van der Waals surface area (Å²) >= 11 is 0. The van der Waals surface area contributed by atoms with Gasteiger partial charge in [-0.2, -0.15) is 0 Å². The van der Waals surface area contributed by atoms with Gasteiger partial charge in [-0.05, 0) is 35.8 Å². The van der Waals surface area contributed by atoms with Crippen LogP contribution in [0.3, 0.4) is 0 Å². The Balaban J connectivity index is 1.92. The van der Waals surface area contributed by atoms with Crippen LogP contribution in [-0.2, 0) is 21.3 Å². The third kappa shape index (κ3) is 7.17. The quantitative estimate of drug-likeness (QED) is 0.472. The van der Waals surface area contributed by atoms with Gasteiger partial charge in [0.15, 0.2) is 12.6 Å². The van der Waals surface area contributed by atoms with E-state index in [0.717, 1.165) is 44.9 Å². The number of rotatable bonds is 10. The second-order valence-electron chi connectivity index (χ2n) is 9.42. The van der Waals surface area contributed by atoms with Crippen LogP contribution in [0, 0.1) is 5.92 Å². The number of unbranched alkanes of at least 4 members (excludes halogenated alkanes) is 3. The highest BCUT2D eigenvalue weighted by atomic mass is 16.7. The van der Waals surface area contributed by atoms with Gasteiger partial charge in [-0.25, -0.2) is 0 Å². The summed E-state index contributed by atoms with van der Waals surface area (Å²) in [5.74, 6) is 0.110. The van der Waals surface area contributed by atoms with Crippen molar-refractivity contribution in [1.29, 1.82) is 0 Å². The highest BCUT2D eigenvalue weighted by Gasteiger charge is 2.37. The minimum absolute atomic E-state index is 0.110. The van der Waals surface area contributed by atoms with Gasteiger partial charge < -0.3 is 14.6 Å². The standard InChI is InChI=1S/C25H42O3/c1-6-8-10-12-22-21(11-9-7-2)24(26)28-23(27-22)18-15-19-13-16-20(17-14-19)25(3,4)5/h13-14,16-17,21-24,26H,6-12,15,18H2,1-5H3. The molecule has 1 N–H and O–H groups in total. The number of ether oxygens (including phenoxy) is 2. The molecule has 1 aromatic rings. The number of hydrogen-bond acceptors (Lipinski definition) is 3. The molecular formula is C25H42O3. The zero-order valence-corrected chi connectivity index (χ0v) is 18.7. The molecule has 4 unspecified atom stereocenters. The van der Waals surface area contributed by atoms with Crippen molar-refractivity contribution in [3.05, 3.63) is 35.4 Å². The van der Waals surface area contributed by atoms with Crippen molar-refractivity contribution in [2.24, 2.45) is 5.92 Å². The SMILES string of the molecule is CCCCCC1OC(CCc2ccc(C(C)(C)C)cc2)OC(O)C1CCCC. The van der Waals surface area contributed by atoms with Gasteiger partial charge in [-0.15, -0.1) is 0 Å². The van der Waals surface area contributed by atoms with Crippen molar-refractivity contribution < 1.29 is 14.6 Å². The number of aryl methyl sites for hydroxylation is 1. The molecule has 1 aliphatic heterocycles. The summed E-state index contributed by atoms with van der Waals surface area (Å²) in [6.07, 6.45) is 8.67. The molecule has 0 radical (unpaired) electrons. The maximum atomic E-state index is 10.6. The molecular weight excluding hydrogens is 348 g/mol. The van der Waals surface area contributed by atoms with Gasteiger partial charge in [0.2, 0.25) is 0 Å². The first kappa shape index (κ1) is 23.4. The van der Waals surface area contributed by atoms with Crippen LogP contribution in [0.5, 0.6) is 0 Å². The Hall–Kier alpha value is -0.900. The van der Waals surface area contributed by atoms with E-state index >= 15 is 0 Å². The van der Waals surface area contributed by atoms with Gasteiger partial charge in [0.1, 0.15) is 0 Å². The van der Waals surface area contributed by atoms with E-state index in [4.69, 9.17) is 9.47 Å². The van der Waals surface area contributed by atoms with E-state index in [9.17, 15) is 5.11 Å². The Morgan fingerprint density at radius 1 is 0.857 bits per heavy atom. The molecule has 28 heavy (non-hydrogen) atoms. The van der Waals surface area contributed by atoms with E-state index in [1.54, 1.807) is 0 Å². The maximum absolute atomic E-state index is 10.6. The van der Waals surface area contributed by atoms with E-state index in [-0.39, 0.29) is 23.7 Å². The van der Waals surface area contributed by atoms with Crippen LogP contribution in [0.15, 0.2) is 24.3 Å². The largest absolute Gasteiger partial charge is 0.368 e. The van der Waals surface area contributed by atoms with Crippen LogP contribution in [-0.4, -0.2) is 23.8 Å². The van der Waals surface area contributed by atoms with Gasteiger partial charge in [-0.1, -0.05) is 91.0 Å². The molecule has 160 valence electrons. The summed E-state index contributed by atoms with van der Waals surface area (Å²) in [4.78, 5) is 0. The Morgan fingerprint density at radius 3 is 2.14 bits per heavy atom. The van der Waals surface area contributed by atoms with Gasteiger partial charge >= 0.3 is 0 Å². The lowest BCUT2D eigenvalue weighted by atomic mass is 9.86. The third-order valence-corrected chi connectivity index (χ3v) is 5.93. The predicted molar refractivity (Wildman–Crippen MR) is 116 cm³/mol. The van der Waals surface area contributed by atoms with Crippen LogP contribution >= 0.6 is 0 Å². The summed E-state index contributed by atoms with van der Waals surface area (Å²) in [6.45, 7) is 11.1. The molecule has 1 aromatic carbocycles. The number of hydrogen-bond donors (Lipinski definition) is 1. The summed E-state index contributed by atoms with van der Waals surface area (Å²) < 4.78 is 12.2. The molecule has 1 heterocycles. The van der Waals surface area contributed by atoms with E-state index in [0.29, 0.717) is 0 Å². The zero-order valence-electron chi connectivity index (χ0n) is 18.7. The van der Waals surface area contributed by atoms with Crippen molar-refractivity contribution in [1.82, 2.24) is 0 Å². The lowest BCUT2D eigenvalue weighted by molar-refractivity contribution is -0.323. The van der Waals surface area contributed by atoms with Crippen LogP contribution in [0.4, 0.5) is 0 Å². The first-order valence-electron chi connectivity index (χ1n) is 11.4. The summed E-state index contributed by atoms with van der Waals surface area (Å²) in [5.41, 5.74) is 2.83. The van der Waals surface area contributed by atoms with Crippen LogP contribution in [0.25, 0.3) is 0 Å². The lowest BCUT2D eigenvalue weighted by Crippen LogP contribution is -2.46. The third-order valence-electron chi connectivity index (χ3n) is 5.93. The molecule has 1 saturated heterocycles. The van der Waals surface area contributed by atoms with Gasteiger partial charge in [0, 0.05) is 12.3 Å². The normalized spacial score (nSPS) is 25.8. The zero-order chi connectivity index (χ0) is 20.6. The van der Waals surface area contributed by atoms with Crippen molar-refractivity contribution in [2.75, 3.05) is 0 Å². The van der Waals surface area contributed by atoms with E-state index < -0.39 is 6.29 Å². The molecule has 3 heteroatoms. The summed E-state index contributed by atoms with van der Waals surface area (Å²) in [7, 11) is 0. The molecule has 0 aromatic heterocycles. The van der Waals surface area contributed by atoms with Gasteiger partial charge in [-0.3, -0.25) is 0 Å². The second-order valence-corrected chi connectivity index (χ2v) is 9.42. The van der Waals surface area contributed by atoms with Crippen molar-refractivity contribution in [3.8, 4) is 0 Å². The molecule has 0 amide bonds. The van der Waals surface area contributed by atoms with Crippen molar-refractivity contribution in [2.45, 2.75) is 117 Å². The number of benzene rings is 1. The highest BCUT2D eigenvalue weighted by Crippen LogP contribution is 2.32. The smallest absolute Gasteiger partial charge is 0.162 e. The molecule has 3 nitrogen and oxygen atoms in total. The summed E-state index contributed by atoms with van der Waals surface area (Å²) in [5, 5.41) is 10.6. The topological polar surface area (TPSA) is 38.7 Å². The van der Waals surface area contributed by atoms with Crippen LogP contribution in [0.2, 0.25) is 0 Å². The molecule has 1 fully saturated rings. The first-order valence-corrected chi connectivity index (χ1v) is 11.4. The molecule has 0 spiro atoms. The molecule has 0 aliphatic carbocycles. The van der Waals surface area contributed by atoms with Gasteiger partial charge in [0.05, 0.1) is 6.10 Å². The minimum atomic E-state index is -0.694. The highest BCUT2D eigenvalue weighted by molar-refractivity contribution is 5.27. The molecule has 2 rings (SSSR count). The second kappa shape index (κ2) is 11.3. The number of aliphatic hydroxyl groups is 1. The Bertz CT molecular complexity index is 546. The Labute approximate surface area is 172 Å². The van der Waals surface area contributed by atoms with E-state index in [2.05, 4.69) is 58.9 Å². The maximum Gasteiger partial charge on any atom is 0.162 e. The monoisotopic (exact) mass is 390 g/mol. The molecule has 0 bridgehead atoms. The van der Waals surface area contributed by atoms with Crippen molar-refractivity contribution >= 4 is 0 Å². The lowest BCUT2D eigenvalue weighted by Gasteiger charge is -2.40. The molecule has 0 saturated carbocycles. The van der Waals surface area contributed by atoms with Crippen LogP contribution in [0.1, 0.15) is 97.1 Å².